The number of rotatable bonds is 0. The van der Waals surface area contributed by atoms with Crippen molar-refractivity contribution in [3.63, 3.8) is 0 Å². The van der Waals surface area contributed by atoms with Gasteiger partial charge < -0.3 is 4.42 Å². The molecule has 0 atom stereocenters. The number of nitrogens with zero attached hydrogens (tertiary/aromatic N) is 1. The van der Waals surface area contributed by atoms with Crippen LogP contribution in [0, 0.1) is 10.5 Å². The zero-order chi connectivity index (χ0) is 9.59. The zero-order valence-electron chi connectivity index (χ0n) is 6.57. The Morgan fingerprint density at radius 1 is 1.46 bits per heavy atom. The monoisotopic (exact) mass is 415 g/mol. The van der Waals surface area contributed by atoms with Crippen LogP contribution in [0.25, 0.3) is 11.1 Å². The van der Waals surface area contributed by atoms with Crippen LogP contribution in [0.2, 0.25) is 0 Å². The minimum absolute atomic E-state index is 0.678. The van der Waals surface area contributed by atoms with E-state index in [-0.39, 0.29) is 0 Å². The molecule has 0 saturated carbocycles. The van der Waals surface area contributed by atoms with Gasteiger partial charge in [0.1, 0.15) is 10.4 Å². The third-order valence-electron chi connectivity index (χ3n) is 1.69. The van der Waals surface area contributed by atoms with E-state index in [0.29, 0.717) is 5.71 Å². The molecule has 0 N–H and O–H groups in total. The molecule has 0 fully saturated rings. The van der Waals surface area contributed by atoms with Gasteiger partial charge in [-0.15, -0.1) is 0 Å². The van der Waals surface area contributed by atoms with Gasteiger partial charge in [-0.1, -0.05) is 0 Å². The summed E-state index contributed by atoms with van der Waals surface area (Å²) in [4.78, 5) is 4.26. The Morgan fingerprint density at radius 3 is 2.85 bits per heavy atom. The van der Waals surface area contributed by atoms with Gasteiger partial charge in [-0.3, -0.25) is 0 Å². The third kappa shape index (κ3) is 1.66. The molecule has 0 amide bonds. The Hall–Kier alpha value is 0.380. The number of hydrogen-bond acceptors (Lipinski definition) is 2. The van der Waals surface area contributed by atoms with Gasteiger partial charge in [-0.05, 0) is 67.4 Å². The van der Waals surface area contributed by atoms with Crippen LogP contribution in [0.1, 0.15) is 5.76 Å². The van der Waals surface area contributed by atoms with Crippen molar-refractivity contribution in [2.75, 3.05) is 0 Å². The first-order valence-corrected chi connectivity index (χ1v) is 6.16. The molecule has 68 valence electrons. The Bertz CT molecular complexity index is 480. The van der Waals surface area contributed by atoms with Crippen LogP contribution < -0.4 is 0 Å². The lowest BCUT2D eigenvalue weighted by Gasteiger charge is -1.93. The van der Waals surface area contributed by atoms with Crippen molar-refractivity contribution < 1.29 is 4.42 Å². The van der Waals surface area contributed by atoms with E-state index in [1.807, 2.05) is 13.0 Å². The summed E-state index contributed by atoms with van der Waals surface area (Å²) < 4.78 is 8.30. The Balaban J connectivity index is 2.89. The van der Waals surface area contributed by atoms with Gasteiger partial charge in [0.2, 0.25) is 5.71 Å². The molecule has 5 heteroatoms. The molecule has 0 aromatic carbocycles. The first kappa shape index (κ1) is 9.92. The highest BCUT2D eigenvalue weighted by Crippen LogP contribution is 2.31. The summed E-state index contributed by atoms with van der Waals surface area (Å²) in [6, 6.07) is 2.00. The molecule has 0 spiro atoms. The van der Waals surface area contributed by atoms with Crippen molar-refractivity contribution in [3.8, 4) is 0 Å². The standard InChI is InChI=1S/C8H4Br2INO/c1-3-6(11)4-2-5(9)7(10)12-8(4)13-3/h2H,1H3. The molecule has 2 rings (SSSR count). The highest BCUT2D eigenvalue weighted by molar-refractivity contribution is 14.1. The molecule has 13 heavy (non-hydrogen) atoms. The van der Waals surface area contributed by atoms with Crippen molar-refractivity contribution in [2.24, 2.45) is 0 Å². The molecule has 0 aliphatic rings. The summed E-state index contributed by atoms with van der Waals surface area (Å²) in [5, 5.41) is 1.05. The van der Waals surface area contributed by atoms with E-state index in [2.05, 4.69) is 59.4 Å². The summed E-state index contributed by atoms with van der Waals surface area (Å²) in [7, 11) is 0. The van der Waals surface area contributed by atoms with E-state index in [4.69, 9.17) is 4.42 Å². The van der Waals surface area contributed by atoms with Crippen molar-refractivity contribution in [2.45, 2.75) is 6.92 Å². The van der Waals surface area contributed by atoms with Crippen molar-refractivity contribution in [1.29, 1.82) is 0 Å². The predicted molar refractivity (Wildman–Crippen MR) is 66.9 cm³/mol. The SMILES string of the molecule is Cc1oc2nc(Br)c(Br)cc2c1I. The maximum Gasteiger partial charge on any atom is 0.228 e. The second-order valence-electron chi connectivity index (χ2n) is 2.59. The summed E-state index contributed by atoms with van der Waals surface area (Å²) >= 11 is 8.99. The summed E-state index contributed by atoms with van der Waals surface area (Å²) in [5.41, 5.74) is 0.678. The second kappa shape index (κ2) is 3.51. The van der Waals surface area contributed by atoms with E-state index in [1.54, 1.807) is 0 Å². The largest absolute Gasteiger partial charge is 0.442 e. The van der Waals surface area contributed by atoms with E-state index >= 15 is 0 Å². The number of aromatic nitrogens is 1. The number of aryl methyl sites for hydroxylation is 1. The fourth-order valence-corrected chi connectivity index (χ4v) is 2.15. The van der Waals surface area contributed by atoms with Gasteiger partial charge in [0.15, 0.2) is 0 Å². The first-order chi connectivity index (χ1) is 6.09. The maximum atomic E-state index is 5.47. The van der Waals surface area contributed by atoms with Crippen LogP contribution in [0.15, 0.2) is 19.6 Å². The summed E-state index contributed by atoms with van der Waals surface area (Å²) in [5.74, 6) is 0.910. The highest BCUT2D eigenvalue weighted by atomic mass is 127. The lowest BCUT2D eigenvalue weighted by Crippen LogP contribution is -1.78. The minimum atomic E-state index is 0.678. The van der Waals surface area contributed by atoms with E-state index in [0.717, 1.165) is 23.8 Å². The molecule has 2 aromatic rings. The van der Waals surface area contributed by atoms with E-state index < -0.39 is 0 Å². The smallest absolute Gasteiger partial charge is 0.228 e. The third-order valence-corrected chi connectivity index (χ3v) is 4.78. The van der Waals surface area contributed by atoms with Crippen LogP contribution in [0.5, 0.6) is 0 Å². The van der Waals surface area contributed by atoms with E-state index in [1.165, 1.54) is 0 Å². The molecule has 0 bridgehead atoms. The fraction of sp³-hybridized carbons (Fsp3) is 0.125. The Kier molecular flexibility index (Phi) is 2.68. The topological polar surface area (TPSA) is 26.0 Å². The average molecular weight is 417 g/mol. The fourth-order valence-electron chi connectivity index (χ4n) is 1.07. The lowest BCUT2D eigenvalue weighted by molar-refractivity contribution is 0.564. The second-order valence-corrected chi connectivity index (χ2v) is 5.27. The molecule has 0 aliphatic carbocycles. The molecule has 0 saturated heterocycles. The molecule has 0 unspecified atom stereocenters. The van der Waals surface area contributed by atoms with Gasteiger partial charge in [-0.25, -0.2) is 4.98 Å². The number of hydrogen-bond donors (Lipinski definition) is 0. The molecular formula is C8H4Br2INO. The number of fused-ring (bicyclic) bond motifs is 1. The van der Waals surface area contributed by atoms with Gasteiger partial charge in [0.05, 0.1) is 13.4 Å². The quantitative estimate of drug-likeness (QED) is 0.473. The van der Waals surface area contributed by atoms with Crippen LogP contribution in [-0.2, 0) is 0 Å². The van der Waals surface area contributed by atoms with Gasteiger partial charge in [0, 0.05) is 0 Å². The van der Waals surface area contributed by atoms with E-state index in [9.17, 15) is 0 Å². The van der Waals surface area contributed by atoms with Gasteiger partial charge >= 0.3 is 0 Å². The number of halogens is 3. The van der Waals surface area contributed by atoms with Gasteiger partial charge in [-0.2, -0.15) is 0 Å². The maximum absolute atomic E-state index is 5.47. The predicted octanol–water partition coefficient (Wildman–Crippen LogP) is 4.27. The molecule has 2 heterocycles. The molecule has 2 nitrogen and oxygen atoms in total. The molecule has 2 aromatic heterocycles. The summed E-state index contributed by atoms with van der Waals surface area (Å²) in [6.45, 7) is 1.94. The Morgan fingerprint density at radius 2 is 2.15 bits per heavy atom. The van der Waals surface area contributed by atoms with Gasteiger partial charge in [0.25, 0.3) is 0 Å². The normalized spacial score (nSPS) is 11.1. The number of furan rings is 1. The van der Waals surface area contributed by atoms with Crippen LogP contribution in [-0.4, -0.2) is 4.98 Å². The molecule has 0 aliphatic heterocycles. The highest BCUT2D eigenvalue weighted by Gasteiger charge is 2.11. The van der Waals surface area contributed by atoms with Crippen LogP contribution in [0.3, 0.4) is 0 Å². The van der Waals surface area contributed by atoms with Crippen LogP contribution in [0.4, 0.5) is 0 Å². The lowest BCUT2D eigenvalue weighted by atomic mass is 10.3. The molecule has 0 radical (unpaired) electrons. The zero-order valence-corrected chi connectivity index (χ0v) is 11.9. The summed E-state index contributed by atoms with van der Waals surface area (Å²) in [6.07, 6.45) is 0. The first-order valence-electron chi connectivity index (χ1n) is 3.50. The van der Waals surface area contributed by atoms with Crippen molar-refractivity contribution in [1.82, 2.24) is 4.98 Å². The Labute approximate surface area is 105 Å². The van der Waals surface area contributed by atoms with Crippen molar-refractivity contribution in [3.05, 3.63) is 24.5 Å². The van der Waals surface area contributed by atoms with Crippen LogP contribution >= 0.6 is 54.5 Å². The average Bonchev–Trinajstić information content (AvgIpc) is 2.32. The minimum Gasteiger partial charge on any atom is -0.442 e. The number of pyridine rings is 1. The molecular weight excluding hydrogens is 413 g/mol. The van der Waals surface area contributed by atoms with Crippen molar-refractivity contribution >= 4 is 65.6 Å².